The average molecular weight is 637 g/mol. The number of sulfonamides is 1. The maximum absolute atomic E-state index is 14.7. The first-order chi connectivity index (χ1) is 21.7. The summed E-state index contributed by atoms with van der Waals surface area (Å²) in [7, 11) is -3.91. The molecule has 2 atom stereocenters. The van der Waals surface area contributed by atoms with Crippen LogP contribution in [0.15, 0.2) is 59.6 Å². The predicted molar refractivity (Wildman–Crippen MR) is 163 cm³/mol. The zero-order chi connectivity index (χ0) is 31.3. The zero-order valence-electron chi connectivity index (χ0n) is 24.6. The Hall–Kier alpha value is -3.97. The minimum absolute atomic E-state index is 0.0266. The van der Waals surface area contributed by atoms with Crippen molar-refractivity contribution in [1.82, 2.24) is 24.3 Å². The largest absolute Gasteiger partial charge is 0.481 e. The Morgan fingerprint density at radius 2 is 1.91 bits per heavy atom. The molecule has 0 bridgehead atoms. The zero-order valence-corrected chi connectivity index (χ0v) is 25.4. The lowest BCUT2D eigenvalue weighted by atomic mass is 9.84. The van der Waals surface area contributed by atoms with E-state index < -0.39 is 34.8 Å². The summed E-state index contributed by atoms with van der Waals surface area (Å²) in [6.07, 6.45) is 3.22. The van der Waals surface area contributed by atoms with Crippen LogP contribution >= 0.6 is 0 Å². The van der Waals surface area contributed by atoms with Gasteiger partial charge >= 0.3 is 5.97 Å². The molecule has 3 aliphatic rings. The molecule has 4 heterocycles. The van der Waals surface area contributed by atoms with E-state index in [2.05, 4.69) is 20.2 Å². The van der Waals surface area contributed by atoms with E-state index in [1.807, 2.05) is 0 Å². The molecule has 2 aromatic heterocycles. The smallest absolute Gasteiger partial charge is 0.304 e. The van der Waals surface area contributed by atoms with Crippen molar-refractivity contribution in [2.75, 3.05) is 18.0 Å². The maximum Gasteiger partial charge on any atom is 0.304 e. The van der Waals surface area contributed by atoms with Gasteiger partial charge in [-0.2, -0.15) is 4.31 Å². The first kappa shape index (κ1) is 29.7. The minimum Gasteiger partial charge on any atom is -0.481 e. The number of anilines is 1. The lowest BCUT2D eigenvalue weighted by Gasteiger charge is -2.36. The summed E-state index contributed by atoms with van der Waals surface area (Å²) in [5.74, 6) is -1.11. The van der Waals surface area contributed by atoms with Crippen molar-refractivity contribution in [3.8, 4) is 0 Å². The summed E-state index contributed by atoms with van der Waals surface area (Å²) in [5.41, 5.74) is 1.58. The van der Waals surface area contributed by atoms with Gasteiger partial charge in [-0.15, -0.1) is 5.10 Å². The van der Waals surface area contributed by atoms with E-state index in [-0.39, 0.29) is 40.7 Å². The highest BCUT2D eigenvalue weighted by Crippen LogP contribution is 2.40. The molecule has 236 valence electrons. The topological polar surface area (TPSA) is 122 Å². The van der Waals surface area contributed by atoms with Crippen LogP contribution in [0, 0.1) is 5.92 Å². The van der Waals surface area contributed by atoms with Gasteiger partial charge in [0, 0.05) is 44.3 Å². The number of benzene rings is 2. The summed E-state index contributed by atoms with van der Waals surface area (Å²) in [4.78, 5) is 18.8. The monoisotopic (exact) mass is 636 g/mol. The van der Waals surface area contributed by atoms with Gasteiger partial charge in [0.25, 0.3) is 6.43 Å². The number of carbonyl (C=O) groups is 1. The number of hydrogen-bond donors (Lipinski definition) is 1. The third-order valence-corrected chi connectivity index (χ3v) is 11.1. The molecule has 7 rings (SSSR count). The molecule has 2 aromatic carbocycles. The second-order valence-electron chi connectivity index (χ2n) is 12.3. The number of hydrogen-bond acceptors (Lipinski definition) is 7. The Bertz CT molecular complexity index is 1860. The second kappa shape index (κ2) is 11.8. The van der Waals surface area contributed by atoms with Crippen LogP contribution in [0.25, 0.3) is 11.0 Å². The standard InChI is InChI=1S/C32H34F2N6O4S/c33-31(34)29-24(11-12-26-30(29)36-37-40(26)18-20-9-10-20)25(16-28(41)42)22-6-3-5-21(15-22)17-38-19-23-7-1-2-14-39(23)32-27(45(38,43)44)8-4-13-35-32/h3-6,8,11-13,15,20,23,25,31H,1-2,7,9-10,14,16-19H2,(H,41,42)/t23?,25-/m1/s1. The minimum atomic E-state index is -3.91. The van der Waals surface area contributed by atoms with Gasteiger partial charge in [0.05, 0.1) is 17.5 Å². The molecular weight excluding hydrogens is 602 g/mol. The fourth-order valence-corrected chi connectivity index (χ4v) is 8.49. The summed E-state index contributed by atoms with van der Waals surface area (Å²) >= 11 is 0. The van der Waals surface area contributed by atoms with E-state index in [0.29, 0.717) is 34.9 Å². The van der Waals surface area contributed by atoms with Crippen molar-refractivity contribution in [1.29, 1.82) is 0 Å². The lowest BCUT2D eigenvalue weighted by molar-refractivity contribution is -0.137. The highest BCUT2D eigenvalue weighted by molar-refractivity contribution is 7.89. The number of alkyl halides is 2. The lowest BCUT2D eigenvalue weighted by Crippen LogP contribution is -2.45. The number of fused-ring (bicyclic) bond motifs is 4. The van der Waals surface area contributed by atoms with E-state index >= 15 is 0 Å². The van der Waals surface area contributed by atoms with Gasteiger partial charge in [0.1, 0.15) is 16.2 Å². The number of nitrogens with zero attached hydrogens (tertiary/aromatic N) is 6. The molecule has 13 heteroatoms. The van der Waals surface area contributed by atoms with Crippen molar-refractivity contribution in [3.63, 3.8) is 0 Å². The molecule has 0 spiro atoms. The van der Waals surface area contributed by atoms with Gasteiger partial charge < -0.3 is 10.0 Å². The van der Waals surface area contributed by atoms with Gasteiger partial charge in [-0.05, 0) is 72.9 Å². The molecule has 2 aliphatic heterocycles. The number of aromatic nitrogens is 4. The number of piperidine rings is 1. The Labute approximate surface area is 259 Å². The van der Waals surface area contributed by atoms with Gasteiger partial charge in [-0.1, -0.05) is 35.5 Å². The highest BCUT2D eigenvalue weighted by Gasteiger charge is 2.39. The van der Waals surface area contributed by atoms with Crippen LogP contribution in [0.4, 0.5) is 14.6 Å². The van der Waals surface area contributed by atoms with Gasteiger partial charge in [0.2, 0.25) is 10.0 Å². The van der Waals surface area contributed by atoms with Crippen molar-refractivity contribution in [2.24, 2.45) is 5.92 Å². The van der Waals surface area contributed by atoms with E-state index in [1.165, 1.54) is 4.31 Å². The van der Waals surface area contributed by atoms with Crippen LogP contribution in [-0.4, -0.2) is 62.9 Å². The van der Waals surface area contributed by atoms with Crippen LogP contribution in [0.5, 0.6) is 0 Å². The van der Waals surface area contributed by atoms with Crippen LogP contribution in [0.2, 0.25) is 0 Å². The van der Waals surface area contributed by atoms with Crippen LogP contribution in [0.3, 0.4) is 0 Å². The Kier molecular flexibility index (Phi) is 7.76. The fourth-order valence-electron chi connectivity index (χ4n) is 6.87. The summed E-state index contributed by atoms with van der Waals surface area (Å²) < 4.78 is 60.5. The maximum atomic E-state index is 14.7. The third kappa shape index (κ3) is 5.67. The van der Waals surface area contributed by atoms with Crippen LogP contribution < -0.4 is 4.90 Å². The van der Waals surface area contributed by atoms with Crippen LogP contribution in [0.1, 0.15) is 73.1 Å². The molecule has 1 N–H and O–H groups in total. The first-order valence-electron chi connectivity index (χ1n) is 15.4. The molecule has 1 saturated heterocycles. The van der Waals surface area contributed by atoms with Crippen molar-refractivity contribution in [2.45, 2.75) is 74.9 Å². The van der Waals surface area contributed by atoms with Crippen molar-refractivity contribution in [3.05, 3.63) is 77.0 Å². The van der Waals surface area contributed by atoms with Crippen LogP contribution in [-0.2, 0) is 27.9 Å². The van der Waals surface area contributed by atoms with Gasteiger partial charge in [-0.3, -0.25) is 4.79 Å². The van der Waals surface area contributed by atoms with Crippen molar-refractivity contribution >= 4 is 32.8 Å². The number of rotatable bonds is 9. The number of pyridine rings is 1. The van der Waals surface area contributed by atoms with Gasteiger partial charge in [0.15, 0.2) is 0 Å². The number of carboxylic acids is 1. The Balaban J connectivity index is 1.25. The molecule has 1 unspecified atom stereocenters. The Morgan fingerprint density at radius 3 is 2.69 bits per heavy atom. The Morgan fingerprint density at radius 1 is 1.07 bits per heavy atom. The average Bonchev–Trinajstić information content (AvgIpc) is 3.77. The van der Waals surface area contributed by atoms with E-state index in [1.54, 1.807) is 59.4 Å². The quantitative estimate of drug-likeness (QED) is 0.261. The second-order valence-corrected chi connectivity index (χ2v) is 14.2. The fraction of sp³-hybridized carbons (Fsp3) is 0.438. The SMILES string of the molecule is O=C(O)C[C@H](c1cccc(CN2CC3CCCCN3c3ncccc3S2(=O)=O)c1)c1ccc2c(nnn2CC2CC2)c1C(F)F. The molecule has 2 fully saturated rings. The first-order valence-corrected chi connectivity index (χ1v) is 16.8. The van der Waals surface area contributed by atoms with Gasteiger partial charge in [-0.25, -0.2) is 26.9 Å². The molecule has 45 heavy (non-hydrogen) atoms. The summed E-state index contributed by atoms with van der Waals surface area (Å²) in [5, 5.41) is 18.1. The molecule has 1 aliphatic carbocycles. The molecular formula is C32H34F2N6O4S. The van der Waals surface area contributed by atoms with E-state index in [9.17, 15) is 27.1 Å². The number of aliphatic carboxylic acids is 1. The molecule has 0 amide bonds. The third-order valence-electron chi connectivity index (χ3n) is 9.26. The van der Waals surface area contributed by atoms with Crippen molar-refractivity contribution < 1.29 is 27.1 Å². The van der Waals surface area contributed by atoms with E-state index in [4.69, 9.17) is 0 Å². The highest BCUT2D eigenvalue weighted by atomic mass is 32.2. The normalized spacial score (nSPS) is 20.5. The molecule has 0 radical (unpaired) electrons. The number of halogens is 2. The molecule has 10 nitrogen and oxygen atoms in total. The summed E-state index contributed by atoms with van der Waals surface area (Å²) in [6.45, 7) is 1.67. The predicted octanol–water partition coefficient (Wildman–Crippen LogP) is 5.34. The number of carboxylic acid groups (broad SMARTS) is 1. The summed E-state index contributed by atoms with van der Waals surface area (Å²) in [6, 6.07) is 13.4. The van der Waals surface area contributed by atoms with E-state index in [0.717, 1.165) is 38.6 Å². The molecule has 4 aromatic rings. The molecule has 1 saturated carbocycles.